The molecule has 0 aliphatic carbocycles. The van der Waals surface area contributed by atoms with Gasteiger partial charge in [0.1, 0.15) is 11.6 Å². The Bertz CT molecular complexity index is 389. The molecule has 0 radical (unpaired) electrons. The molecule has 94 valence electrons. The van der Waals surface area contributed by atoms with Gasteiger partial charge in [0, 0.05) is 29.5 Å². The molecule has 2 atom stereocenters. The van der Waals surface area contributed by atoms with Gasteiger partial charge < -0.3 is 5.32 Å². The fourth-order valence-corrected chi connectivity index (χ4v) is 4.87. The molecule has 1 aromatic heterocycles. The fraction of sp³-hybridized carbons (Fsp3) is 0.636. The van der Waals surface area contributed by atoms with Crippen LogP contribution in [0, 0.1) is 3.57 Å². The van der Waals surface area contributed by atoms with Crippen molar-refractivity contribution in [3.05, 3.63) is 15.6 Å². The molecule has 0 amide bonds. The zero-order valence-electron chi connectivity index (χ0n) is 9.94. The second-order valence-electron chi connectivity index (χ2n) is 3.82. The molecule has 1 aliphatic rings. The number of hydrogen-bond donors (Lipinski definition) is 1. The zero-order chi connectivity index (χ0) is 12.3. The van der Waals surface area contributed by atoms with Crippen LogP contribution in [0.15, 0.2) is 6.20 Å². The van der Waals surface area contributed by atoms with Crippen LogP contribution >= 0.6 is 46.1 Å². The third kappa shape index (κ3) is 3.41. The van der Waals surface area contributed by atoms with Crippen molar-refractivity contribution in [1.82, 2.24) is 9.97 Å². The summed E-state index contributed by atoms with van der Waals surface area (Å²) in [5.41, 5.74) is 0. The number of thioether (sulfide) groups is 2. The van der Waals surface area contributed by atoms with Crippen molar-refractivity contribution in [2.45, 2.75) is 24.3 Å². The van der Waals surface area contributed by atoms with Gasteiger partial charge >= 0.3 is 0 Å². The van der Waals surface area contributed by atoms with Crippen LogP contribution in [0.3, 0.4) is 0 Å². The van der Waals surface area contributed by atoms with E-state index in [9.17, 15) is 0 Å². The predicted octanol–water partition coefficient (Wildman–Crippen LogP) is 3.42. The van der Waals surface area contributed by atoms with Crippen molar-refractivity contribution in [3.63, 3.8) is 0 Å². The number of aromatic nitrogens is 2. The molecule has 1 N–H and O–H groups in total. The van der Waals surface area contributed by atoms with Crippen LogP contribution in [-0.2, 0) is 0 Å². The molecule has 3 nitrogen and oxygen atoms in total. The molecule has 2 heterocycles. The number of hydrogen-bond acceptors (Lipinski definition) is 5. The molecule has 0 bridgehead atoms. The van der Waals surface area contributed by atoms with Crippen molar-refractivity contribution >= 4 is 51.9 Å². The second-order valence-corrected chi connectivity index (χ2v) is 7.72. The van der Waals surface area contributed by atoms with Gasteiger partial charge in [0.2, 0.25) is 0 Å². The van der Waals surface area contributed by atoms with Gasteiger partial charge in [-0.05, 0) is 29.5 Å². The number of rotatable bonds is 3. The van der Waals surface area contributed by atoms with Gasteiger partial charge in [-0.2, -0.15) is 11.8 Å². The Kier molecular flexibility index (Phi) is 5.23. The summed E-state index contributed by atoms with van der Waals surface area (Å²) in [6.45, 7) is 5.26. The number of nitrogens with one attached hydrogen (secondary N) is 1. The molecule has 0 aromatic carbocycles. The summed E-state index contributed by atoms with van der Waals surface area (Å²) >= 11 is 6.28. The molecule has 0 saturated carbocycles. The summed E-state index contributed by atoms with van der Waals surface area (Å²) in [5.74, 6) is 4.39. The Hall–Kier alpha value is 0.310. The highest BCUT2D eigenvalue weighted by Gasteiger charge is 2.26. The predicted molar refractivity (Wildman–Crippen MR) is 86.0 cm³/mol. The highest BCUT2D eigenvalue weighted by Crippen LogP contribution is 2.41. The van der Waals surface area contributed by atoms with E-state index >= 15 is 0 Å². The maximum Gasteiger partial charge on any atom is 0.144 e. The molecule has 6 heteroatoms. The monoisotopic (exact) mass is 381 g/mol. The van der Waals surface area contributed by atoms with Crippen molar-refractivity contribution in [2.75, 3.05) is 23.4 Å². The van der Waals surface area contributed by atoms with E-state index < -0.39 is 0 Å². The number of halogens is 1. The first-order valence-electron chi connectivity index (χ1n) is 5.72. The molecule has 0 spiro atoms. The lowest BCUT2D eigenvalue weighted by Crippen LogP contribution is -2.19. The average molecular weight is 381 g/mol. The van der Waals surface area contributed by atoms with E-state index in [4.69, 9.17) is 0 Å². The first kappa shape index (κ1) is 13.7. The topological polar surface area (TPSA) is 37.8 Å². The Morgan fingerprint density at radius 2 is 2.24 bits per heavy atom. The number of nitrogens with zero attached hydrogens (tertiary/aromatic N) is 2. The summed E-state index contributed by atoms with van der Waals surface area (Å²) in [6.07, 6.45) is 1.92. The second kappa shape index (κ2) is 6.47. The lowest BCUT2D eigenvalue weighted by atomic mass is 10.3. The highest BCUT2D eigenvalue weighted by atomic mass is 127. The van der Waals surface area contributed by atoms with Gasteiger partial charge in [-0.25, -0.2) is 9.97 Å². The average Bonchev–Trinajstić information content (AvgIpc) is 2.33. The van der Waals surface area contributed by atoms with E-state index in [0.29, 0.717) is 10.5 Å². The Morgan fingerprint density at radius 1 is 1.47 bits per heavy atom. The lowest BCUT2D eigenvalue weighted by Gasteiger charge is -2.26. The van der Waals surface area contributed by atoms with Gasteiger partial charge in [0.15, 0.2) is 0 Å². The van der Waals surface area contributed by atoms with Crippen molar-refractivity contribution in [3.8, 4) is 0 Å². The van der Waals surface area contributed by atoms with Gasteiger partial charge in [-0.1, -0.05) is 6.92 Å². The maximum atomic E-state index is 4.67. The molecule has 1 fully saturated rings. The summed E-state index contributed by atoms with van der Waals surface area (Å²) < 4.78 is 1.09. The normalized spacial score (nSPS) is 24.6. The van der Waals surface area contributed by atoms with Crippen LogP contribution in [0.2, 0.25) is 0 Å². The van der Waals surface area contributed by atoms with Crippen molar-refractivity contribution in [1.29, 1.82) is 0 Å². The minimum absolute atomic E-state index is 0.433. The van der Waals surface area contributed by atoms with Gasteiger partial charge in [0.25, 0.3) is 0 Å². The molecule has 17 heavy (non-hydrogen) atoms. The summed E-state index contributed by atoms with van der Waals surface area (Å²) in [7, 11) is 0. The standard InChI is InChI=1S/C11H16IN3S2/c1-3-13-10-8(12)6-14-11(15-10)9-7(2)16-4-5-17-9/h6-7,9H,3-5H2,1-2H3,(H,13,14,15). The van der Waals surface area contributed by atoms with Crippen LogP contribution in [0.5, 0.6) is 0 Å². The Labute approximate surface area is 124 Å². The van der Waals surface area contributed by atoms with Crippen LogP contribution in [-0.4, -0.2) is 33.3 Å². The lowest BCUT2D eigenvalue weighted by molar-refractivity contribution is 0.821. The SMILES string of the molecule is CCNc1nc(C2SCCSC2C)ncc1I. The Balaban J connectivity index is 2.22. The maximum absolute atomic E-state index is 4.67. The Morgan fingerprint density at radius 3 is 2.94 bits per heavy atom. The number of anilines is 1. The highest BCUT2D eigenvalue weighted by molar-refractivity contribution is 14.1. The zero-order valence-corrected chi connectivity index (χ0v) is 13.7. The largest absolute Gasteiger partial charge is 0.369 e. The molecule has 2 rings (SSSR count). The van der Waals surface area contributed by atoms with E-state index in [-0.39, 0.29) is 0 Å². The van der Waals surface area contributed by atoms with Crippen molar-refractivity contribution in [2.24, 2.45) is 0 Å². The third-order valence-corrected chi connectivity index (χ3v) is 6.43. The van der Waals surface area contributed by atoms with E-state index in [1.807, 2.05) is 29.7 Å². The third-order valence-electron chi connectivity index (χ3n) is 2.55. The van der Waals surface area contributed by atoms with Crippen molar-refractivity contribution < 1.29 is 0 Å². The van der Waals surface area contributed by atoms with Crippen LogP contribution in [0.1, 0.15) is 24.9 Å². The first-order chi connectivity index (χ1) is 8.22. The summed E-state index contributed by atoms with van der Waals surface area (Å²) in [4.78, 5) is 9.17. The summed E-state index contributed by atoms with van der Waals surface area (Å²) in [6, 6.07) is 0. The van der Waals surface area contributed by atoms with Gasteiger partial charge in [-0.3, -0.25) is 0 Å². The van der Waals surface area contributed by atoms with E-state index in [0.717, 1.165) is 21.8 Å². The van der Waals surface area contributed by atoms with Crippen LogP contribution in [0.4, 0.5) is 5.82 Å². The molecule has 1 saturated heterocycles. The quantitative estimate of drug-likeness (QED) is 0.813. The van der Waals surface area contributed by atoms with E-state index in [1.54, 1.807) is 0 Å². The van der Waals surface area contributed by atoms with E-state index in [1.165, 1.54) is 11.5 Å². The van der Waals surface area contributed by atoms with Gasteiger partial charge in [-0.15, -0.1) is 11.8 Å². The summed E-state index contributed by atoms with van der Waals surface area (Å²) in [5, 5.41) is 4.33. The fourth-order valence-electron chi connectivity index (χ4n) is 1.73. The molecular formula is C11H16IN3S2. The first-order valence-corrected chi connectivity index (χ1v) is 8.89. The van der Waals surface area contributed by atoms with Crippen LogP contribution in [0.25, 0.3) is 0 Å². The smallest absolute Gasteiger partial charge is 0.144 e. The molecule has 1 aromatic rings. The van der Waals surface area contributed by atoms with Gasteiger partial charge in [0.05, 0.1) is 8.82 Å². The molecular weight excluding hydrogens is 365 g/mol. The molecule has 2 unspecified atom stereocenters. The minimum Gasteiger partial charge on any atom is -0.369 e. The van der Waals surface area contributed by atoms with Crippen LogP contribution < -0.4 is 5.32 Å². The van der Waals surface area contributed by atoms with E-state index in [2.05, 4.69) is 51.7 Å². The minimum atomic E-state index is 0.433. The molecule has 1 aliphatic heterocycles.